The van der Waals surface area contributed by atoms with E-state index in [4.69, 9.17) is 5.14 Å². The van der Waals surface area contributed by atoms with Crippen LogP contribution in [0, 0.1) is 5.92 Å². The van der Waals surface area contributed by atoms with Crippen LogP contribution in [0.2, 0.25) is 0 Å². The Kier molecular flexibility index (Phi) is 12.0. The number of primary sulfonamides is 1. The van der Waals surface area contributed by atoms with E-state index in [9.17, 15) is 8.42 Å². The van der Waals surface area contributed by atoms with Gasteiger partial charge < -0.3 is 10.6 Å². The number of unbranched alkanes of at least 4 members (excludes halogenated alkanes) is 1. The van der Waals surface area contributed by atoms with Crippen molar-refractivity contribution in [1.29, 1.82) is 0 Å². The molecule has 0 aliphatic rings. The lowest BCUT2D eigenvalue weighted by atomic mass is 10.1. The minimum atomic E-state index is -3.64. The molecule has 0 aliphatic carbocycles. The second kappa shape index (κ2) is 12.5. The summed E-state index contributed by atoms with van der Waals surface area (Å²) in [5.74, 6) is 1.52. The molecule has 0 bridgehead atoms. The first-order valence-electron chi connectivity index (χ1n) is 8.47. The van der Waals surface area contributed by atoms with E-state index in [1.54, 1.807) is 12.1 Å². The number of aliphatic imine (C=N–C) groups is 1. The Labute approximate surface area is 169 Å². The van der Waals surface area contributed by atoms with Gasteiger partial charge in [-0.1, -0.05) is 38.8 Å². The lowest BCUT2D eigenvalue weighted by molar-refractivity contribution is 0.534. The number of hydrogen-bond donors (Lipinski definition) is 3. The van der Waals surface area contributed by atoms with Gasteiger partial charge in [0.1, 0.15) is 0 Å². The first-order valence-corrected chi connectivity index (χ1v) is 10.0. The minimum Gasteiger partial charge on any atom is -0.357 e. The van der Waals surface area contributed by atoms with Crippen molar-refractivity contribution in [2.45, 2.75) is 51.5 Å². The van der Waals surface area contributed by atoms with Crippen molar-refractivity contribution in [3.05, 3.63) is 29.8 Å². The van der Waals surface area contributed by atoms with Crippen molar-refractivity contribution in [1.82, 2.24) is 10.6 Å². The molecule has 8 heteroatoms. The Morgan fingerprint density at radius 1 is 1.16 bits per heavy atom. The monoisotopic (exact) mass is 482 g/mol. The molecule has 0 fully saturated rings. The lowest BCUT2D eigenvalue weighted by Crippen LogP contribution is -2.37. The van der Waals surface area contributed by atoms with E-state index in [1.165, 1.54) is 25.0 Å². The second-order valence-electron chi connectivity index (χ2n) is 6.20. The number of guanidine groups is 1. The summed E-state index contributed by atoms with van der Waals surface area (Å²) in [4.78, 5) is 4.64. The normalized spacial score (nSPS) is 12.0. The van der Waals surface area contributed by atoms with Crippen LogP contribution in [-0.4, -0.2) is 27.5 Å². The molecule has 1 aromatic rings. The molecule has 0 saturated heterocycles. The van der Waals surface area contributed by atoms with E-state index in [-0.39, 0.29) is 28.9 Å². The maximum Gasteiger partial charge on any atom is 0.238 e. The molecule has 0 unspecified atom stereocenters. The topological polar surface area (TPSA) is 96.6 Å². The summed E-state index contributed by atoms with van der Waals surface area (Å²) in [6.07, 6.45) is 3.57. The molecule has 1 aromatic carbocycles. The van der Waals surface area contributed by atoms with Crippen LogP contribution in [-0.2, 0) is 16.6 Å². The third-order valence-corrected chi connectivity index (χ3v) is 4.45. The quantitative estimate of drug-likeness (QED) is 0.218. The second-order valence-corrected chi connectivity index (χ2v) is 7.76. The van der Waals surface area contributed by atoms with Crippen LogP contribution < -0.4 is 15.8 Å². The summed E-state index contributed by atoms with van der Waals surface area (Å²) in [7, 11) is -3.64. The molecule has 0 aromatic heterocycles. The zero-order chi connectivity index (χ0) is 18.0. The molecule has 0 spiro atoms. The third kappa shape index (κ3) is 10.7. The SMILES string of the molecule is CCNC(=NCc1ccc(S(N)(=O)=O)cc1)NCCCCC(C)C.I. The fourth-order valence-corrected chi connectivity index (χ4v) is 2.70. The lowest BCUT2D eigenvalue weighted by Gasteiger charge is -2.11. The van der Waals surface area contributed by atoms with Gasteiger partial charge in [0.25, 0.3) is 0 Å². The molecule has 0 saturated carbocycles. The number of hydrogen-bond acceptors (Lipinski definition) is 3. The maximum atomic E-state index is 11.2. The van der Waals surface area contributed by atoms with Gasteiger partial charge in [0.15, 0.2) is 5.96 Å². The highest BCUT2D eigenvalue weighted by molar-refractivity contribution is 14.0. The molecular weight excluding hydrogens is 451 g/mol. The maximum absolute atomic E-state index is 11.2. The van der Waals surface area contributed by atoms with Gasteiger partial charge in [-0.2, -0.15) is 0 Å². The van der Waals surface area contributed by atoms with Crippen LogP contribution in [0.15, 0.2) is 34.2 Å². The van der Waals surface area contributed by atoms with Crippen LogP contribution in [0.5, 0.6) is 0 Å². The van der Waals surface area contributed by atoms with Crippen LogP contribution in [0.1, 0.15) is 45.6 Å². The molecule has 0 atom stereocenters. The predicted octanol–water partition coefficient (Wildman–Crippen LogP) is 2.83. The fourth-order valence-electron chi connectivity index (χ4n) is 2.18. The Hall–Kier alpha value is -0.870. The minimum absolute atomic E-state index is 0. The highest BCUT2D eigenvalue weighted by Gasteiger charge is 2.06. The number of nitrogens with one attached hydrogen (secondary N) is 2. The van der Waals surface area contributed by atoms with Crippen LogP contribution in [0.3, 0.4) is 0 Å². The van der Waals surface area contributed by atoms with Gasteiger partial charge >= 0.3 is 0 Å². The van der Waals surface area contributed by atoms with E-state index in [1.807, 2.05) is 6.92 Å². The molecule has 0 heterocycles. The van der Waals surface area contributed by atoms with Crippen molar-refractivity contribution >= 4 is 40.0 Å². The molecule has 0 radical (unpaired) electrons. The number of halogens is 1. The van der Waals surface area contributed by atoms with E-state index < -0.39 is 10.0 Å². The average molecular weight is 482 g/mol. The Morgan fingerprint density at radius 3 is 2.32 bits per heavy atom. The van der Waals surface area contributed by atoms with Gasteiger partial charge in [0.05, 0.1) is 11.4 Å². The molecular formula is C17H31IN4O2S. The van der Waals surface area contributed by atoms with Gasteiger partial charge in [-0.3, -0.25) is 0 Å². The molecule has 25 heavy (non-hydrogen) atoms. The van der Waals surface area contributed by atoms with E-state index in [0.717, 1.165) is 37.0 Å². The molecule has 4 N–H and O–H groups in total. The molecule has 6 nitrogen and oxygen atoms in total. The highest BCUT2D eigenvalue weighted by atomic mass is 127. The van der Waals surface area contributed by atoms with Gasteiger partial charge in [0.2, 0.25) is 10.0 Å². The number of benzene rings is 1. The van der Waals surface area contributed by atoms with Crippen molar-refractivity contribution in [2.75, 3.05) is 13.1 Å². The van der Waals surface area contributed by atoms with Crippen molar-refractivity contribution in [3.63, 3.8) is 0 Å². The number of nitrogens with zero attached hydrogens (tertiary/aromatic N) is 1. The van der Waals surface area contributed by atoms with Gasteiger partial charge in [-0.05, 0) is 37.0 Å². The summed E-state index contributed by atoms with van der Waals surface area (Å²) in [6, 6.07) is 6.48. The van der Waals surface area contributed by atoms with Crippen molar-refractivity contribution in [3.8, 4) is 0 Å². The van der Waals surface area contributed by atoms with Crippen LogP contribution in [0.25, 0.3) is 0 Å². The zero-order valence-electron chi connectivity index (χ0n) is 15.3. The van der Waals surface area contributed by atoms with Crippen molar-refractivity contribution < 1.29 is 8.42 Å². The smallest absolute Gasteiger partial charge is 0.238 e. The van der Waals surface area contributed by atoms with E-state index in [2.05, 4.69) is 29.5 Å². The Balaban J connectivity index is 0.00000576. The molecule has 0 amide bonds. The first-order chi connectivity index (χ1) is 11.3. The van der Waals surface area contributed by atoms with E-state index >= 15 is 0 Å². The molecule has 1 rings (SSSR count). The first kappa shape index (κ1) is 24.1. The average Bonchev–Trinajstić information content (AvgIpc) is 2.51. The largest absolute Gasteiger partial charge is 0.357 e. The molecule has 0 aliphatic heterocycles. The summed E-state index contributed by atoms with van der Waals surface area (Å²) >= 11 is 0. The summed E-state index contributed by atoms with van der Waals surface area (Å²) in [5.41, 5.74) is 0.930. The van der Waals surface area contributed by atoms with Gasteiger partial charge in [-0.15, -0.1) is 24.0 Å². The Bertz CT molecular complexity index is 616. The zero-order valence-corrected chi connectivity index (χ0v) is 18.4. The third-order valence-electron chi connectivity index (χ3n) is 3.52. The highest BCUT2D eigenvalue weighted by Crippen LogP contribution is 2.09. The number of nitrogens with two attached hydrogens (primary N) is 1. The van der Waals surface area contributed by atoms with Crippen LogP contribution >= 0.6 is 24.0 Å². The van der Waals surface area contributed by atoms with Gasteiger partial charge in [-0.25, -0.2) is 18.5 Å². The van der Waals surface area contributed by atoms with Crippen LogP contribution in [0.4, 0.5) is 0 Å². The Morgan fingerprint density at radius 2 is 1.80 bits per heavy atom. The molecule has 144 valence electrons. The van der Waals surface area contributed by atoms with Gasteiger partial charge in [0, 0.05) is 13.1 Å². The standard InChI is InChI=1S/C17H30N4O2S.HI/c1-4-19-17(20-12-6-5-7-14(2)3)21-13-15-8-10-16(11-9-15)24(18,22)23;/h8-11,14H,4-7,12-13H2,1-3H3,(H2,18,22,23)(H2,19,20,21);1H. The summed E-state index contributed by atoms with van der Waals surface area (Å²) in [6.45, 7) is 8.66. The number of sulfonamides is 1. The van der Waals surface area contributed by atoms with E-state index in [0.29, 0.717) is 6.54 Å². The van der Waals surface area contributed by atoms with Crippen molar-refractivity contribution in [2.24, 2.45) is 16.0 Å². The predicted molar refractivity (Wildman–Crippen MR) is 115 cm³/mol. The fraction of sp³-hybridized carbons (Fsp3) is 0.588. The number of rotatable bonds is 9. The summed E-state index contributed by atoms with van der Waals surface area (Å²) in [5, 5.41) is 11.6. The summed E-state index contributed by atoms with van der Waals surface area (Å²) < 4.78 is 22.5.